The standard InChI is InChI=1S/C26H18ClNO2/c27-20-11-13-21(14-12-20)28(26(29)25-10-5-15-30-25)17-24-22-8-3-1-6-18(22)16-19-7-2-4-9-23(19)24/h1-16H,17H2. The smallest absolute Gasteiger partial charge is 0.294 e. The molecule has 0 aliphatic carbocycles. The van der Waals surface area contributed by atoms with Crippen LogP contribution in [0.5, 0.6) is 0 Å². The predicted molar refractivity (Wildman–Crippen MR) is 122 cm³/mol. The van der Waals surface area contributed by atoms with Gasteiger partial charge in [0.05, 0.1) is 12.8 Å². The first-order valence-corrected chi connectivity index (χ1v) is 10.1. The molecule has 5 aromatic rings. The Hall–Kier alpha value is -3.56. The van der Waals surface area contributed by atoms with E-state index in [0.717, 1.165) is 32.8 Å². The maximum Gasteiger partial charge on any atom is 0.294 e. The topological polar surface area (TPSA) is 33.5 Å². The van der Waals surface area contributed by atoms with Crippen LogP contribution in [0.15, 0.2) is 102 Å². The van der Waals surface area contributed by atoms with Gasteiger partial charge in [0.2, 0.25) is 0 Å². The van der Waals surface area contributed by atoms with Crippen molar-refractivity contribution in [1.29, 1.82) is 0 Å². The molecular weight excluding hydrogens is 394 g/mol. The minimum atomic E-state index is -0.195. The van der Waals surface area contributed by atoms with Gasteiger partial charge >= 0.3 is 0 Å². The van der Waals surface area contributed by atoms with Crippen LogP contribution in [0.25, 0.3) is 21.5 Å². The largest absolute Gasteiger partial charge is 0.459 e. The van der Waals surface area contributed by atoms with Crippen molar-refractivity contribution in [3.8, 4) is 0 Å². The number of fused-ring (bicyclic) bond motifs is 2. The lowest BCUT2D eigenvalue weighted by Crippen LogP contribution is -2.30. The molecule has 0 radical (unpaired) electrons. The van der Waals surface area contributed by atoms with E-state index in [1.54, 1.807) is 29.2 Å². The Labute approximate surface area is 179 Å². The summed E-state index contributed by atoms with van der Waals surface area (Å²) in [6, 6.07) is 29.4. The van der Waals surface area contributed by atoms with E-state index in [9.17, 15) is 4.79 Å². The van der Waals surface area contributed by atoms with Gasteiger partial charge in [-0.2, -0.15) is 0 Å². The second kappa shape index (κ2) is 7.69. The van der Waals surface area contributed by atoms with Crippen LogP contribution < -0.4 is 4.90 Å². The van der Waals surface area contributed by atoms with Crippen molar-refractivity contribution in [3.05, 3.63) is 114 Å². The summed E-state index contributed by atoms with van der Waals surface area (Å²) >= 11 is 6.09. The van der Waals surface area contributed by atoms with Crippen molar-refractivity contribution >= 4 is 44.7 Å². The molecule has 0 aliphatic heterocycles. The van der Waals surface area contributed by atoms with Gasteiger partial charge in [-0.15, -0.1) is 0 Å². The third-order valence-electron chi connectivity index (χ3n) is 5.31. The number of nitrogens with zero attached hydrogens (tertiary/aromatic N) is 1. The Morgan fingerprint density at radius 2 is 1.43 bits per heavy atom. The second-order valence-corrected chi connectivity index (χ2v) is 7.58. The van der Waals surface area contributed by atoms with Gasteiger partial charge in [0.15, 0.2) is 5.76 Å². The van der Waals surface area contributed by atoms with Crippen molar-refractivity contribution in [2.45, 2.75) is 6.54 Å². The fourth-order valence-corrected chi connectivity index (χ4v) is 4.00. The predicted octanol–water partition coefficient (Wildman–Crippen LogP) is 7.09. The number of carbonyl (C=O) groups excluding carboxylic acids is 1. The van der Waals surface area contributed by atoms with Gasteiger partial charge in [-0.1, -0.05) is 60.1 Å². The highest BCUT2D eigenvalue weighted by Crippen LogP contribution is 2.32. The summed E-state index contributed by atoms with van der Waals surface area (Å²) < 4.78 is 5.42. The SMILES string of the molecule is O=C(c1ccco1)N(Cc1c2ccccc2cc2ccccc12)c1ccc(Cl)cc1. The Bertz CT molecular complexity index is 1290. The van der Waals surface area contributed by atoms with Crippen LogP contribution in [0.3, 0.4) is 0 Å². The maximum atomic E-state index is 13.4. The molecule has 0 spiro atoms. The summed E-state index contributed by atoms with van der Waals surface area (Å²) in [7, 11) is 0. The minimum absolute atomic E-state index is 0.195. The molecule has 1 aromatic heterocycles. The van der Waals surface area contributed by atoms with E-state index in [1.165, 1.54) is 6.26 Å². The number of hydrogen-bond donors (Lipinski definition) is 0. The lowest BCUT2D eigenvalue weighted by atomic mass is 9.96. The minimum Gasteiger partial charge on any atom is -0.459 e. The molecule has 30 heavy (non-hydrogen) atoms. The van der Waals surface area contributed by atoms with Crippen molar-refractivity contribution in [2.24, 2.45) is 0 Å². The normalized spacial score (nSPS) is 11.1. The van der Waals surface area contributed by atoms with E-state index >= 15 is 0 Å². The summed E-state index contributed by atoms with van der Waals surface area (Å²) in [5.41, 5.74) is 1.86. The van der Waals surface area contributed by atoms with Gasteiger partial charge in [0.1, 0.15) is 0 Å². The maximum absolute atomic E-state index is 13.4. The Balaban J connectivity index is 1.70. The fourth-order valence-electron chi connectivity index (χ4n) is 3.87. The first-order chi connectivity index (χ1) is 14.7. The third-order valence-corrected chi connectivity index (χ3v) is 5.57. The first-order valence-electron chi connectivity index (χ1n) is 9.71. The average molecular weight is 412 g/mol. The van der Waals surface area contributed by atoms with E-state index in [-0.39, 0.29) is 5.91 Å². The molecule has 4 heteroatoms. The number of halogens is 1. The molecular formula is C26H18ClNO2. The Morgan fingerprint density at radius 1 is 0.800 bits per heavy atom. The number of amides is 1. The van der Waals surface area contributed by atoms with E-state index in [0.29, 0.717) is 17.3 Å². The molecule has 0 N–H and O–H groups in total. The molecule has 5 rings (SSSR count). The van der Waals surface area contributed by atoms with Gasteiger partial charge in [-0.05, 0) is 69.6 Å². The highest BCUT2D eigenvalue weighted by Gasteiger charge is 2.22. The van der Waals surface area contributed by atoms with E-state index in [4.69, 9.17) is 16.0 Å². The zero-order chi connectivity index (χ0) is 20.5. The van der Waals surface area contributed by atoms with Crippen LogP contribution in [0.4, 0.5) is 5.69 Å². The number of rotatable bonds is 4. The summed E-state index contributed by atoms with van der Waals surface area (Å²) in [5.74, 6) is 0.105. The lowest BCUT2D eigenvalue weighted by Gasteiger charge is -2.24. The molecule has 0 unspecified atom stereocenters. The number of carbonyl (C=O) groups is 1. The summed E-state index contributed by atoms with van der Waals surface area (Å²) in [6.07, 6.45) is 1.51. The number of benzene rings is 4. The van der Waals surface area contributed by atoms with Crippen LogP contribution in [-0.4, -0.2) is 5.91 Å². The quantitative estimate of drug-likeness (QED) is 0.296. The van der Waals surface area contributed by atoms with E-state index < -0.39 is 0 Å². The van der Waals surface area contributed by atoms with Crippen molar-refractivity contribution in [1.82, 2.24) is 0 Å². The number of hydrogen-bond acceptors (Lipinski definition) is 2. The van der Waals surface area contributed by atoms with Gasteiger partial charge in [0.25, 0.3) is 5.91 Å². The van der Waals surface area contributed by atoms with Crippen molar-refractivity contribution < 1.29 is 9.21 Å². The Morgan fingerprint density at radius 3 is 2.03 bits per heavy atom. The van der Waals surface area contributed by atoms with Crippen LogP contribution in [0.2, 0.25) is 5.02 Å². The molecule has 1 heterocycles. The van der Waals surface area contributed by atoms with Crippen molar-refractivity contribution in [3.63, 3.8) is 0 Å². The van der Waals surface area contributed by atoms with Gasteiger partial charge in [-0.25, -0.2) is 0 Å². The highest BCUT2D eigenvalue weighted by atomic mass is 35.5. The van der Waals surface area contributed by atoms with Crippen molar-refractivity contribution in [2.75, 3.05) is 4.90 Å². The molecule has 4 aromatic carbocycles. The lowest BCUT2D eigenvalue weighted by molar-refractivity contribution is 0.0958. The fraction of sp³-hybridized carbons (Fsp3) is 0.0385. The van der Waals surface area contributed by atoms with Gasteiger partial charge < -0.3 is 9.32 Å². The van der Waals surface area contributed by atoms with Crippen LogP contribution in [-0.2, 0) is 6.54 Å². The zero-order valence-corrected chi connectivity index (χ0v) is 16.8. The molecule has 0 saturated heterocycles. The molecule has 1 amide bonds. The first kappa shape index (κ1) is 18.5. The summed E-state index contributed by atoms with van der Waals surface area (Å²) in [5, 5.41) is 5.17. The van der Waals surface area contributed by atoms with Gasteiger partial charge in [-0.3, -0.25) is 4.79 Å². The monoisotopic (exact) mass is 411 g/mol. The molecule has 3 nitrogen and oxygen atoms in total. The molecule has 0 atom stereocenters. The number of furan rings is 1. The van der Waals surface area contributed by atoms with Crippen LogP contribution >= 0.6 is 11.6 Å². The average Bonchev–Trinajstić information content (AvgIpc) is 3.32. The highest BCUT2D eigenvalue weighted by molar-refractivity contribution is 6.30. The molecule has 0 fully saturated rings. The number of anilines is 1. The van der Waals surface area contributed by atoms with Crippen LogP contribution in [0, 0.1) is 0 Å². The summed E-state index contributed by atoms with van der Waals surface area (Å²) in [6.45, 7) is 0.406. The third kappa shape index (κ3) is 3.34. The zero-order valence-electron chi connectivity index (χ0n) is 16.1. The van der Waals surface area contributed by atoms with E-state index in [1.807, 2.05) is 36.4 Å². The summed E-state index contributed by atoms with van der Waals surface area (Å²) in [4.78, 5) is 15.1. The molecule has 0 bridgehead atoms. The Kier molecular flexibility index (Phi) is 4.74. The molecule has 0 aliphatic rings. The molecule has 0 saturated carbocycles. The van der Waals surface area contributed by atoms with Crippen LogP contribution in [0.1, 0.15) is 16.1 Å². The van der Waals surface area contributed by atoms with E-state index in [2.05, 4.69) is 30.3 Å². The molecule has 146 valence electrons. The second-order valence-electron chi connectivity index (χ2n) is 7.14. The van der Waals surface area contributed by atoms with Gasteiger partial charge in [0, 0.05) is 10.7 Å².